The number of rotatable bonds is 4. The van der Waals surface area contributed by atoms with Gasteiger partial charge in [0, 0.05) is 25.0 Å². The molecule has 0 aliphatic carbocycles. The van der Waals surface area contributed by atoms with Gasteiger partial charge in [-0.25, -0.2) is 0 Å². The number of hydrogen-bond acceptors (Lipinski definition) is 3. The first-order valence-corrected chi connectivity index (χ1v) is 5.75. The Kier molecular flexibility index (Phi) is 7.72. The fourth-order valence-corrected chi connectivity index (χ4v) is 1.92. The average molecular weight is 250 g/mol. The molecule has 0 aromatic rings. The van der Waals surface area contributed by atoms with Crippen molar-refractivity contribution in [1.82, 2.24) is 15.5 Å². The monoisotopic (exact) mass is 249 g/mol. The molecule has 96 valence electrons. The van der Waals surface area contributed by atoms with E-state index in [2.05, 4.69) is 22.5 Å². The van der Waals surface area contributed by atoms with Crippen molar-refractivity contribution in [3.05, 3.63) is 0 Å². The number of carbonyl (C=O) groups excluding carboxylic acids is 1. The fraction of sp³-hybridized carbons (Fsp3) is 0.909. The lowest BCUT2D eigenvalue weighted by Gasteiger charge is -2.27. The summed E-state index contributed by atoms with van der Waals surface area (Å²) < 4.78 is 0. The van der Waals surface area contributed by atoms with E-state index in [1.807, 2.05) is 14.1 Å². The molecule has 1 aliphatic heterocycles. The molecule has 1 saturated heterocycles. The molecule has 0 saturated carbocycles. The van der Waals surface area contributed by atoms with Crippen LogP contribution in [0.1, 0.15) is 19.8 Å². The predicted octanol–water partition coefficient (Wildman–Crippen LogP) is 0.474. The molecule has 1 rings (SSSR count). The zero-order chi connectivity index (χ0) is 11.3. The van der Waals surface area contributed by atoms with Crippen LogP contribution in [-0.2, 0) is 4.79 Å². The van der Waals surface area contributed by atoms with Crippen molar-refractivity contribution in [2.24, 2.45) is 5.92 Å². The van der Waals surface area contributed by atoms with Gasteiger partial charge in [0.25, 0.3) is 0 Å². The molecule has 0 aromatic carbocycles. The molecule has 16 heavy (non-hydrogen) atoms. The lowest BCUT2D eigenvalue weighted by atomic mass is 9.92. The molecule has 0 aromatic heterocycles. The Bertz CT molecular complexity index is 211. The van der Waals surface area contributed by atoms with Crippen molar-refractivity contribution in [3.8, 4) is 0 Å². The molecule has 1 amide bonds. The van der Waals surface area contributed by atoms with E-state index in [-0.39, 0.29) is 24.2 Å². The van der Waals surface area contributed by atoms with Crippen LogP contribution in [0, 0.1) is 5.92 Å². The van der Waals surface area contributed by atoms with Crippen LogP contribution in [0.3, 0.4) is 0 Å². The summed E-state index contributed by atoms with van der Waals surface area (Å²) >= 11 is 0. The summed E-state index contributed by atoms with van der Waals surface area (Å²) in [4.78, 5) is 13.8. The molecule has 4 nitrogen and oxygen atoms in total. The van der Waals surface area contributed by atoms with Crippen LogP contribution >= 0.6 is 12.4 Å². The Morgan fingerprint density at radius 2 is 2.19 bits per heavy atom. The Labute approximate surface area is 105 Å². The summed E-state index contributed by atoms with van der Waals surface area (Å²) in [5.41, 5.74) is 0. The van der Waals surface area contributed by atoms with Crippen molar-refractivity contribution >= 4 is 18.3 Å². The standard InChI is InChI=1S/C11H23N3O.ClH/c1-9-8-10(4-5-12-9)11(15)13-6-7-14(2)3;/h9-10,12H,4-8H2,1-3H3,(H,13,15);1H/t9-,10-;/m0./s1. The largest absolute Gasteiger partial charge is 0.355 e. The third-order valence-corrected chi connectivity index (χ3v) is 2.85. The first-order chi connectivity index (χ1) is 7.09. The van der Waals surface area contributed by atoms with Gasteiger partial charge in [-0.15, -0.1) is 12.4 Å². The number of halogens is 1. The van der Waals surface area contributed by atoms with Crippen LogP contribution in [0.15, 0.2) is 0 Å². The highest BCUT2D eigenvalue weighted by atomic mass is 35.5. The Morgan fingerprint density at radius 1 is 1.50 bits per heavy atom. The van der Waals surface area contributed by atoms with Crippen LogP contribution in [0.2, 0.25) is 0 Å². The molecular formula is C11H24ClN3O. The number of nitrogens with one attached hydrogen (secondary N) is 2. The highest BCUT2D eigenvalue weighted by Crippen LogP contribution is 2.15. The summed E-state index contributed by atoms with van der Waals surface area (Å²) in [6, 6.07) is 0.475. The zero-order valence-electron chi connectivity index (χ0n) is 10.5. The maximum Gasteiger partial charge on any atom is 0.223 e. The van der Waals surface area contributed by atoms with Gasteiger partial charge in [-0.3, -0.25) is 4.79 Å². The van der Waals surface area contributed by atoms with E-state index < -0.39 is 0 Å². The van der Waals surface area contributed by atoms with Gasteiger partial charge in [-0.05, 0) is 40.4 Å². The minimum Gasteiger partial charge on any atom is -0.355 e. The van der Waals surface area contributed by atoms with Gasteiger partial charge in [0.05, 0.1) is 0 Å². The van der Waals surface area contributed by atoms with E-state index in [0.29, 0.717) is 6.04 Å². The van der Waals surface area contributed by atoms with Gasteiger partial charge >= 0.3 is 0 Å². The SMILES string of the molecule is C[C@H]1C[C@@H](C(=O)NCCN(C)C)CCN1.Cl. The number of piperidine rings is 1. The number of likely N-dealkylation sites (N-methyl/N-ethyl adjacent to an activating group) is 1. The Morgan fingerprint density at radius 3 is 2.75 bits per heavy atom. The van der Waals surface area contributed by atoms with E-state index in [1.165, 1.54) is 0 Å². The van der Waals surface area contributed by atoms with Gasteiger partial charge in [0.15, 0.2) is 0 Å². The van der Waals surface area contributed by atoms with E-state index >= 15 is 0 Å². The number of amides is 1. The summed E-state index contributed by atoms with van der Waals surface area (Å²) in [6.07, 6.45) is 1.94. The number of carbonyl (C=O) groups is 1. The Balaban J connectivity index is 0.00000225. The molecule has 5 heteroatoms. The Hall–Kier alpha value is -0.320. The summed E-state index contributed by atoms with van der Waals surface area (Å²) in [5.74, 6) is 0.439. The third-order valence-electron chi connectivity index (χ3n) is 2.85. The van der Waals surface area contributed by atoms with Gasteiger partial charge in [0.2, 0.25) is 5.91 Å². The van der Waals surface area contributed by atoms with Gasteiger partial charge in [-0.1, -0.05) is 0 Å². The van der Waals surface area contributed by atoms with Crippen LogP contribution in [0.4, 0.5) is 0 Å². The van der Waals surface area contributed by atoms with Gasteiger partial charge in [0.1, 0.15) is 0 Å². The van der Waals surface area contributed by atoms with Crippen molar-refractivity contribution in [2.75, 3.05) is 33.7 Å². The van der Waals surface area contributed by atoms with E-state index in [0.717, 1.165) is 32.5 Å². The molecule has 1 aliphatic rings. The molecule has 2 atom stereocenters. The predicted molar refractivity (Wildman–Crippen MR) is 69.0 cm³/mol. The molecule has 0 bridgehead atoms. The second kappa shape index (κ2) is 7.87. The first kappa shape index (κ1) is 15.7. The fourth-order valence-electron chi connectivity index (χ4n) is 1.92. The number of nitrogens with zero attached hydrogens (tertiary/aromatic N) is 1. The molecule has 1 fully saturated rings. The van der Waals surface area contributed by atoms with Crippen LogP contribution < -0.4 is 10.6 Å². The second-order valence-electron chi connectivity index (χ2n) is 4.67. The lowest BCUT2D eigenvalue weighted by molar-refractivity contribution is -0.126. The average Bonchev–Trinajstić information content (AvgIpc) is 2.17. The van der Waals surface area contributed by atoms with Crippen LogP contribution in [-0.4, -0.2) is 50.6 Å². The molecule has 1 heterocycles. The van der Waals surface area contributed by atoms with E-state index in [1.54, 1.807) is 0 Å². The summed E-state index contributed by atoms with van der Waals surface area (Å²) in [7, 11) is 4.03. The van der Waals surface area contributed by atoms with Crippen LogP contribution in [0.25, 0.3) is 0 Å². The summed E-state index contributed by atoms with van der Waals surface area (Å²) in [6.45, 7) is 4.77. The van der Waals surface area contributed by atoms with Crippen molar-refractivity contribution in [2.45, 2.75) is 25.8 Å². The smallest absolute Gasteiger partial charge is 0.223 e. The normalized spacial score (nSPS) is 25.0. The zero-order valence-corrected chi connectivity index (χ0v) is 11.3. The maximum absolute atomic E-state index is 11.8. The number of hydrogen-bond donors (Lipinski definition) is 2. The molecule has 0 radical (unpaired) electrons. The summed E-state index contributed by atoms with van der Waals surface area (Å²) in [5, 5.41) is 6.35. The minimum absolute atomic E-state index is 0. The molecular weight excluding hydrogens is 226 g/mol. The third kappa shape index (κ3) is 5.68. The highest BCUT2D eigenvalue weighted by Gasteiger charge is 2.24. The quantitative estimate of drug-likeness (QED) is 0.762. The topological polar surface area (TPSA) is 44.4 Å². The second-order valence-corrected chi connectivity index (χ2v) is 4.67. The molecule has 2 N–H and O–H groups in total. The molecule has 0 unspecified atom stereocenters. The lowest BCUT2D eigenvalue weighted by Crippen LogP contribution is -2.43. The van der Waals surface area contributed by atoms with Crippen molar-refractivity contribution < 1.29 is 4.79 Å². The van der Waals surface area contributed by atoms with Crippen molar-refractivity contribution in [1.29, 1.82) is 0 Å². The first-order valence-electron chi connectivity index (χ1n) is 5.75. The maximum atomic E-state index is 11.8. The van der Waals surface area contributed by atoms with Gasteiger partial charge in [-0.2, -0.15) is 0 Å². The molecule has 0 spiro atoms. The highest BCUT2D eigenvalue weighted by molar-refractivity contribution is 5.85. The van der Waals surface area contributed by atoms with Crippen molar-refractivity contribution in [3.63, 3.8) is 0 Å². The minimum atomic E-state index is 0. The van der Waals surface area contributed by atoms with E-state index in [4.69, 9.17) is 0 Å². The van der Waals surface area contributed by atoms with Crippen LogP contribution in [0.5, 0.6) is 0 Å². The van der Waals surface area contributed by atoms with Gasteiger partial charge < -0.3 is 15.5 Å². The van der Waals surface area contributed by atoms with E-state index in [9.17, 15) is 4.79 Å².